The lowest BCUT2D eigenvalue weighted by atomic mass is 9.99. The summed E-state index contributed by atoms with van der Waals surface area (Å²) in [5, 5.41) is 8.79. The van der Waals surface area contributed by atoms with Crippen LogP contribution in [0.1, 0.15) is 26.2 Å². The van der Waals surface area contributed by atoms with Crippen LogP contribution in [0.25, 0.3) is 0 Å². The Hall–Kier alpha value is -0.810. The van der Waals surface area contributed by atoms with E-state index in [0.717, 1.165) is 32.5 Å². The normalized spacial score (nSPS) is 23.8. The van der Waals surface area contributed by atoms with E-state index >= 15 is 0 Å². The molecule has 1 aliphatic heterocycles. The highest BCUT2D eigenvalue weighted by atomic mass is 15.1. The van der Waals surface area contributed by atoms with E-state index in [1.54, 1.807) is 0 Å². The largest absolute Gasteiger partial charge is 0.302 e. The van der Waals surface area contributed by atoms with E-state index in [2.05, 4.69) is 24.5 Å². The average Bonchev–Trinajstić information content (AvgIpc) is 2.15. The van der Waals surface area contributed by atoms with Gasteiger partial charge in [-0.3, -0.25) is 0 Å². The maximum Gasteiger partial charge on any atom is 0.0669 e. The standard InChI is InChI=1S/C11H18N2/c1-10(2)5-7-13-6-3-4-11(8-12)9-13/h11H,1,3-7,9H2,2H3. The number of likely N-dealkylation sites (tertiary alicyclic amines) is 1. The van der Waals surface area contributed by atoms with Crippen LogP contribution in [-0.2, 0) is 0 Å². The van der Waals surface area contributed by atoms with Gasteiger partial charge in [0.1, 0.15) is 0 Å². The zero-order chi connectivity index (χ0) is 9.68. The highest BCUT2D eigenvalue weighted by Gasteiger charge is 2.18. The van der Waals surface area contributed by atoms with Crippen molar-refractivity contribution in [2.75, 3.05) is 19.6 Å². The van der Waals surface area contributed by atoms with E-state index in [4.69, 9.17) is 5.26 Å². The van der Waals surface area contributed by atoms with Crippen molar-refractivity contribution in [3.05, 3.63) is 12.2 Å². The molecule has 13 heavy (non-hydrogen) atoms. The van der Waals surface area contributed by atoms with Crippen LogP contribution in [0, 0.1) is 17.2 Å². The molecule has 1 rings (SSSR count). The Labute approximate surface area is 80.8 Å². The van der Waals surface area contributed by atoms with Gasteiger partial charge in [-0.15, -0.1) is 6.58 Å². The Morgan fingerprint density at radius 1 is 1.69 bits per heavy atom. The molecule has 0 radical (unpaired) electrons. The summed E-state index contributed by atoms with van der Waals surface area (Å²) in [4.78, 5) is 2.38. The molecule has 2 heteroatoms. The van der Waals surface area contributed by atoms with Gasteiger partial charge in [-0.25, -0.2) is 0 Å². The minimum absolute atomic E-state index is 0.263. The molecule has 0 amide bonds. The third-order valence-corrected chi connectivity index (χ3v) is 2.54. The Morgan fingerprint density at radius 3 is 3.08 bits per heavy atom. The molecule has 0 N–H and O–H groups in total. The monoisotopic (exact) mass is 178 g/mol. The first-order chi connectivity index (χ1) is 6.22. The summed E-state index contributed by atoms with van der Waals surface area (Å²) >= 11 is 0. The molecule has 2 nitrogen and oxygen atoms in total. The zero-order valence-electron chi connectivity index (χ0n) is 8.42. The van der Waals surface area contributed by atoms with Crippen LogP contribution >= 0.6 is 0 Å². The molecule has 0 spiro atoms. The van der Waals surface area contributed by atoms with E-state index in [9.17, 15) is 0 Å². The van der Waals surface area contributed by atoms with Crippen molar-refractivity contribution in [2.45, 2.75) is 26.2 Å². The minimum Gasteiger partial charge on any atom is -0.302 e. The highest BCUT2D eigenvalue weighted by Crippen LogP contribution is 2.15. The lowest BCUT2D eigenvalue weighted by Crippen LogP contribution is -2.35. The number of hydrogen-bond acceptors (Lipinski definition) is 2. The number of nitrogens with zero attached hydrogens (tertiary/aromatic N) is 2. The topological polar surface area (TPSA) is 27.0 Å². The maximum absolute atomic E-state index is 8.79. The number of piperidine rings is 1. The molecule has 0 aromatic carbocycles. The van der Waals surface area contributed by atoms with Crippen LogP contribution < -0.4 is 0 Å². The molecule has 1 saturated heterocycles. The Balaban J connectivity index is 2.27. The van der Waals surface area contributed by atoms with Gasteiger partial charge in [-0.2, -0.15) is 5.26 Å². The second-order valence-electron chi connectivity index (χ2n) is 3.98. The van der Waals surface area contributed by atoms with E-state index in [1.807, 2.05) is 0 Å². The highest BCUT2D eigenvalue weighted by molar-refractivity contribution is 4.92. The second-order valence-corrected chi connectivity index (χ2v) is 3.98. The summed E-state index contributed by atoms with van der Waals surface area (Å²) in [6.07, 6.45) is 3.33. The zero-order valence-corrected chi connectivity index (χ0v) is 8.42. The fraction of sp³-hybridized carbons (Fsp3) is 0.727. The third-order valence-electron chi connectivity index (χ3n) is 2.54. The lowest BCUT2D eigenvalue weighted by Gasteiger charge is -2.29. The van der Waals surface area contributed by atoms with E-state index < -0.39 is 0 Å². The third kappa shape index (κ3) is 3.61. The summed E-state index contributed by atoms with van der Waals surface area (Å²) in [6.45, 7) is 9.15. The van der Waals surface area contributed by atoms with Gasteiger partial charge in [0.15, 0.2) is 0 Å². The van der Waals surface area contributed by atoms with Crippen LogP contribution in [0.3, 0.4) is 0 Å². The van der Waals surface area contributed by atoms with Crippen molar-refractivity contribution in [1.29, 1.82) is 5.26 Å². The first-order valence-corrected chi connectivity index (χ1v) is 4.98. The minimum atomic E-state index is 0.263. The van der Waals surface area contributed by atoms with Crippen LogP contribution in [0.5, 0.6) is 0 Å². The van der Waals surface area contributed by atoms with Gasteiger partial charge >= 0.3 is 0 Å². The molecule has 1 heterocycles. The van der Waals surface area contributed by atoms with Crippen molar-refractivity contribution in [2.24, 2.45) is 5.92 Å². The van der Waals surface area contributed by atoms with Crippen molar-refractivity contribution in [3.63, 3.8) is 0 Å². The summed E-state index contributed by atoms with van der Waals surface area (Å²) < 4.78 is 0. The molecule has 0 bridgehead atoms. The van der Waals surface area contributed by atoms with Crippen molar-refractivity contribution < 1.29 is 0 Å². The fourth-order valence-electron chi connectivity index (χ4n) is 1.71. The SMILES string of the molecule is C=C(C)CCN1CCCC(C#N)C1. The Morgan fingerprint density at radius 2 is 2.46 bits per heavy atom. The van der Waals surface area contributed by atoms with Gasteiger partial charge in [-0.1, -0.05) is 5.57 Å². The summed E-state index contributed by atoms with van der Waals surface area (Å²) in [5.74, 6) is 0.263. The van der Waals surface area contributed by atoms with Crippen molar-refractivity contribution in [3.8, 4) is 6.07 Å². The van der Waals surface area contributed by atoms with Crippen molar-refractivity contribution in [1.82, 2.24) is 4.90 Å². The number of hydrogen-bond donors (Lipinski definition) is 0. The molecular weight excluding hydrogens is 160 g/mol. The maximum atomic E-state index is 8.79. The van der Waals surface area contributed by atoms with Crippen LogP contribution in [-0.4, -0.2) is 24.5 Å². The smallest absolute Gasteiger partial charge is 0.0669 e. The molecule has 1 fully saturated rings. The van der Waals surface area contributed by atoms with Gasteiger partial charge in [0.05, 0.1) is 12.0 Å². The average molecular weight is 178 g/mol. The van der Waals surface area contributed by atoms with E-state index in [-0.39, 0.29) is 5.92 Å². The molecule has 1 atom stereocenters. The van der Waals surface area contributed by atoms with Crippen LogP contribution in [0.4, 0.5) is 0 Å². The number of nitriles is 1. The van der Waals surface area contributed by atoms with E-state index in [1.165, 1.54) is 12.0 Å². The Kier molecular flexibility index (Phi) is 3.98. The molecule has 0 aromatic rings. The van der Waals surface area contributed by atoms with Gasteiger partial charge in [0.25, 0.3) is 0 Å². The van der Waals surface area contributed by atoms with Gasteiger partial charge in [0, 0.05) is 13.1 Å². The van der Waals surface area contributed by atoms with Gasteiger partial charge < -0.3 is 4.90 Å². The summed E-state index contributed by atoms with van der Waals surface area (Å²) in [5.41, 5.74) is 1.24. The number of rotatable bonds is 3. The summed E-state index contributed by atoms with van der Waals surface area (Å²) in [7, 11) is 0. The fourth-order valence-corrected chi connectivity index (χ4v) is 1.71. The quantitative estimate of drug-likeness (QED) is 0.619. The first kappa shape index (κ1) is 10.3. The van der Waals surface area contributed by atoms with Crippen LogP contribution in [0.2, 0.25) is 0 Å². The molecule has 1 aliphatic rings. The van der Waals surface area contributed by atoms with Gasteiger partial charge in [0.2, 0.25) is 0 Å². The summed E-state index contributed by atoms with van der Waals surface area (Å²) in [6, 6.07) is 2.36. The lowest BCUT2D eigenvalue weighted by molar-refractivity contribution is 0.202. The molecule has 0 saturated carbocycles. The predicted octanol–water partition coefficient (Wildman–Crippen LogP) is 2.19. The Bertz CT molecular complexity index is 215. The van der Waals surface area contributed by atoms with Gasteiger partial charge in [-0.05, 0) is 32.7 Å². The van der Waals surface area contributed by atoms with Crippen LogP contribution in [0.15, 0.2) is 12.2 Å². The molecular formula is C11H18N2. The molecule has 0 aliphatic carbocycles. The molecule has 0 aromatic heterocycles. The second kappa shape index (κ2) is 5.04. The first-order valence-electron chi connectivity index (χ1n) is 4.98. The van der Waals surface area contributed by atoms with Crippen molar-refractivity contribution >= 4 is 0 Å². The van der Waals surface area contributed by atoms with E-state index in [0.29, 0.717) is 0 Å². The molecule has 72 valence electrons. The molecule has 1 unspecified atom stereocenters. The predicted molar refractivity (Wildman–Crippen MR) is 54.2 cm³/mol.